The second-order valence-electron chi connectivity index (χ2n) is 4.25. The van der Waals surface area contributed by atoms with Crippen molar-refractivity contribution < 1.29 is 9.90 Å². The number of carboxylic acid groups (broad SMARTS) is 1. The van der Waals surface area contributed by atoms with E-state index in [1.165, 1.54) is 6.20 Å². The number of nitrogens with one attached hydrogen (secondary N) is 1. The first-order valence-electron chi connectivity index (χ1n) is 5.81. The smallest absolute Gasteiger partial charge is 0.337 e. The van der Waals surface area contributed by atoms with E-state index < -0.39 is 5.97 Å². The summed E-state index contributed by atoms with van der Waals surface area (Å²) in [6.07, 6.45) is 1.37. The number of hydrogen-bond acceptors (Lipinski definition) is 3. The van der Waals surface area contributed by atoms with Crippen molar-refractivity contribution in [1.29, 1.82) is 0 Å². The van der Waals surface area contributed by atoms with Crippen LogP contribution < -0.4 is 0 Å². The van der Waals surface area contributed by atoms with Crippen LogP contribution in [0.25, 0.3) is 22.2 Å². The number of hydrogen-bond donors (Lipinski definition) is 2. The van der Waals surface area contributed by atoms with Crippen molar-refractivity contribution in [1.82, 2.24) is 15.2 Å². The molecule has 94 valence electrons. The molecule has 2 aromatic heterocycles. The summed E-state index contributed by atoms with van der Waals surface area (Å²) in [6, 6.07) is 9.41. The Morgan fingerprint density at radius 3 is 2.68 bits per heavy atom. The van der Waals surface area contributed by atoms with E-state index >= 15 is 0 Å². The highest BCUT2D eigenvalue weighted by Gasteiger charge is 2.18. The van der Waals surface area contributed by atoms with Crippen LogP contribution in [-0.4, -0.2) is 26.3 Å². The molecule has 0 radical (unpaired) electrons. The average Bonchev–Trinajstić information content (AvgIpc) is 2.80. The Labute approximate surface area is 108 Å². The van der Waals surface area contributed by atoms with Crippen molar-refractivity contribution in [3.05, 3.63) is 47.8 Å². The van der Waals surface area contributed by atoms with Gasteiger partial charge >= 0.3 is 5.97 Å². The van der Waals surface area contributed by atoms with Crippen LogP contribution in [0.3, 0.4) is 0 Å². The van der Waals surface area contributed by atoms with Crippen LogP contribution >= 0.6 is 0 Å². The Morgan fingerprint density at radius 1 is 1.26 bits per heavy atom. The zero-order valence-corrected chi connectivity index (χ0v) is 10.2. The van der Waals surface area contributed by atoms with Gasteiger partial charge in [-0.05, 0) is 12.5 Å². The lowest BCUT2D eigenvalue weighted by Crippen LogP contribution is -2.01. The number of rotatable bonds is 2. The van der Waals surface area contributed by atoms with Crippen molar-refractivity contribution in [2.75, 3.05) is 0 Å². The van der Waals surface area contributed by atoms with Crippen molar-refractivity contribution >= 4 is 17.0 Å². The van der Waals surface area contributed by atoms with Gasteiger partial charge in [0.2, 0.25) is 0 Å². The summed E-state index contributed by atoms with van der Waals surface area (Å²) in [4.78, 5) is 15.5. The maximum absolute atomic E-state index is 11.4. The molecular formula is C14H11N3O2. The maximum atomic E-state index is 11.4. The van der Waals surface area contributed by atoms with Crippen LogP contribution in [0.2, 0.25) is 0 Å². The highest BCUT2D eigenvalue weighted by Crippen LogP contribution is 2.31. The molecule has 0 aliphatic rings. The lowest BCUT2D eigenvalue weighted by molar-refractivity contribution is 0.0697. The summed E-state index contributed by atoms with van der Waals surface area (Å²) in [5, 5.41) is 17.0. The SMILES string of the molecule is Cc1n[nH]c2ncc(C(=O)O)c(-c3ccccc3)c12. The monoisotopic (exact) mass is 253 g/mol. The fraction of sp³-hybridized carbons (Fsp3) is 0.0714. The van der Waals surface area contributed by atoms with Crippen LogP contribution in [0.15, 0.2) is 36.5 Å². The van der Waals surface area contributed by atoms with E-state index in [0.29, 0.717) is 11.2 Å². The molecule has 0 atom stereocenters. The Bertz CT molecular complexity index is 763. The maximum Gasteiger partial charge on any atom is 0.337 e. The molecule has 5 nitrogen and oxygen atoms in total. The molecule has 5 heteroatoms. The Kier molecular flexibility index (Phi) is 2.52. The molecule has 3 rings (SSSR count). The summed E-state index contributed by atoms with van der Waals surface area (Å²) in [5.41, 5.74) is 3.02. The van der Waals surface area contributed by atoms with Crippen molar-refractivity contribution in [2.24, 2.45) is 0 Å². The molecule has 19 heavy (non-hydrogen) atoms. The third-order valence-electron chi connectivity index (χ3n) is 3.06. The van der Waals surface area contributed by atoms with Crippen molar-refractivity contribution in [3.8, 4) is 11.1 Å². The minimum atomic E-state index is -0.992. The number of aromatic carboxylic acids is 1. The molecule has 2 heterocycles. The molecular weight excluding hydrogens is 242 g/mol. The van der Waals surface area contributed by atoms with E-state index in [4.69, 9.17) is 0 Å². The van der Waals surface area contributed by atoms with Gasteiger partial charge in [0.15, 0.2) is 5.65 Å². The van der Waals surface area contributed by atoms with Gasteiger partial charge in [0.1, 0.15) is 0 Å². The molecule has 0 amide bonds. The summed E-state index contributed by atoms with van der Waals surface area (Å²) in [7, 11) is 0. The van der Waals surface area contributed by atoms with E-state index in [-0.39, 0.29) is 5.56 Å². The average molecular weight is 253 g/mol. The van der Waals surface area contributed by atoms with Gasteiger partial charge in [-0.2, -0.15) is 5.10 Å². The fourth-order valence-electron chi connectivity index (χ4n) is 2.21. The molecule has 2 N–H and O–H groups in total. The molecule has 0 fully saturated rings. The molecule has 1 aromatic carbocycles. The third kappa shape index (κ3) is 1.76. The molecule has 0 aliphatic carbocycles. The van der Waals surface area contributed by atoms with E-state index in [1.54, 1.807) is 0 Å². The van der Waals surface area contributed by atoms with Crippen LogP contribution in [-0.2, 0) is 0 Å². The zero-order valence-electron chi connectivity index (χ0n) is 10.2. The Hall–Kier alpha value is -2.69. The number of benzene rings is 1. The van der Waals surface area contributed by atoms with E-state index in [2.05, 4.69) is 15.2 Å². The van der Waals surface area contributed by atoms with E-state index in [9.17, 15) is 9.90 Å². The van der Waals surface area contributed by atoms with Gasteiger partial charge in [-0.1, -0.05) is 30.3 Å². The number of H-pyrrole nitrogens is 1. The first kappa shape index (κ1) is 11.4. The van der Waals surface area contributed by atoms with Gasteiger partial charge in [0.05, 0.1) is 16.6 Å². The predicted molar refractivity (Wildman–Crippen MR) is 71.0 cm³/mol. The van der Waals surface area contributed by atoms with Crippen LogP contribution in [0, 0.1) is 6.92 Å². The Morgan fingerprint density at radius 2 is 2.00 bits per heavy atom. The highest BCUT2D eigenvalue weighted by atomic mass is 16.4. The summed E-state index contributed by atoms with van der Waals surface area (Å²) < 4.78 is 0. The number of nitrogens with zero attached hydrogens (tertiary/aromatic N) is 2. The number of carboxylic acids is 1. The van der Waals surface area contributed by atoms with Crippen LogP contribution in [0.1, 0.15) is 16.1 Å². The number of fused-ring (bicyclic) bond motifs is 1. The van der Waals surface area contributed by atoms with E-state index in [1.807, 2.05) is 37.3 Å². The first-order chi connectivity index (χ1) is 9.18. The number of carbonyl (C=O) groups is 1. The zero-order chi connectivity index (χ0) is 13.4. The third-order valence-corrected chi connectivity index (χ3v) is 3.06. The number of aromatic nitrogens is 3. The number of pyridine rings is 1. The van der Waals surface area contributed by atoms with Crippen molar-refractivity contribution in [2.45, 2.75) is 6.92 Å². The van der Waals surface area contributed by atoms with Gasteiger partial charge in [0.25, 0.3) is 0 Å². The first-order valence-corrected chi connectivity index (χ1v) is 5.81. The van der Waals surface area contributed by atoms with Crippen molar-refractivity contribution in [3.63, 3.8) is 0 Å². The molecule has 0 spiro atoms. The topological polar surface area (TPSA) is 78.9 Å². The second-order valence-corrected chi connectivity index (χ2v) is 4.25. The molecule has 0 aliphatic heterocycles. The van der Waals surface area contributed by atoms with Crippen LogP contribution in [0.5, 0.6) is 0 Å². The molecule has 0 bridgehead atoms. The second kappa shape index (κ2) is 4.20. The summed E-state index contributed by atoms with van der Waals surface area (Å²) >= 11 is 0. The van der Waals surface area contributed by atoms with Gasteiger partial charge in [-0.25, -0.2) is 9.78 Å². The predicted octanol–water partition coefficient (Wildman–Crippen LogP) is 2.63. The number of aromatic amines is 1. The van der Waals surface area contributed by atoms with Gasteiger partial charge < -0.3 is 5.11 Å². The lowest BCUT2D eigenvalue weighted by Gasteiger charge is -2.07. The molecule has 0 unspecified atom stereocenters. The van der Waals surface area contributed by atoms with E-state index in [0.717, 1.165) is 16.6 Å². The van der Waals surface area contributed by atoms with Crippen LogP contribution in [0.4, 0.5) is 0 Å². The minimum absolute atomic E-state index is 0.184. The van der Waals surface area contributed by atoms with Gasteiger partial charge in [-0.3, -0.25) is 5.10 Å². The normalized spacial score (nSPS) is 10.8. The quantitative estimate of drug-likeness (QED) is 0.735. The van der Waals surface area contributed by atoms with Gasteiger partial charge in [0, 0.05) is 11.8 Å². The van der Waals surface area contributed by atoms with Gasteiger partial charge in [-0.15, -0.1) is 0 Å². The summed E-state index contributed by atoms with van der Waals surface area (Å²) in [6.45, 7) is 1.83. The molecule has 0 saturated heterocycles. The fourth-order valence-corrected chi connectivity index (χ4v) is 2.21. The largest absolute Gasteiger partial charge is 0.478 e. The standard InChI is InChI=1S/C14H11N3O2/c1-8-11-12(9-5-3-2-4-6-9)10(14(18)19)7-15-13(11)17-16-8/h2-7H,1H3,(H,18,19)(H,15,16,17). The molecule has 0 saturated carbocycles. The number of aryl methyl sites for hydroxylation is 1. The Balaban J connectivity index is 2.45. The molecule has 3 aromatic rings. The lowest BCUT2D eigenvalue weighted by atomic mass is 9.97. The summed E-state index contributed by atoms with van der Waals surface area (Å²) in [5.74, 6) is -0.992. The minimum Gasteiger partial charge on any atom is -0.478 e. The highest BCUT2D eigenvalue weighted by molar-refractivity contribution is 6.06.